The predicted octanol–water partition coefficient (Wildman–Crippen LogP) is 2.16. The van der Waals surface area contributed by atoms with Gasteiger partial charge >= 0.3 is 6.15 Å². The summed E-state index contributed by atoms with van der Waals surface area (Å²) in [5.41, 5.74) is 0. The molecule has 0 aromatic rings. The predicted molar refractivity (Wildman–Crippen MR) is 72.3 cm³/mol. The van der Waals surface area contributed by atoms with Gasteiger partial charge in [0.1, 0.15) is 13.6 Å². The van der Waals surface area contributed by atoms with Crippen molar-refractivity contribution < 1.29 is 23.9 Å². The SMILES string of the molecule is C=O.COCOCCCCC1CCSS1.O=C=O. The van der Waals surface area contributed by atoms with Gasteiger partial charge in [0, 0.05) is 24.7 Å². The van der Waals surface area contributed by atoms with Crippen molar-refractivity contribution in [3.63, 3.8) is 0 Å². The monoisotopic (exact) mass is 296 g/mol. The Hall–Kier alpha value is -0.330. The number of rotatable bonds is 7. The molecule has 0 aliphatic carbocycles. The van der Waals surface area contributed by atoms with Crippen LogP contribution in [0.1, 0.15) is 25.7 Å². The van der Waals surface area contributed by atoms with Crippen molar-refractivity contribution in [3.05, 3.63) is 0 Å². The summed E-state index contributed by atoms with van der Waals surface area (Å²) in [6.07, 6.45) is 5.47. The van der Waals surface area contributed by atoms with E-state index >= 15 is 0 Å². The first-order valence-electron chi connectivity index (χ1n) is 5.48. The number of unbranched alkanes of at least 4 members (excludes halogenated alkanes) is 1. The second kappa shape index (κ2) is 19.0. The Morgan fingerprint density at radius 1 is 1.33 bits per heavy atom. The molecule has 0 saturated carbocycles. The molecule has 0 spiro atoms. The quantitative estimate of drug-likeness (QED) is 0.405. The van der Waals surface area contributed by atoms with Crippen LogP contribution in [0.2, 0.25) is 0 Å². The fraction of sp³-hybridized carbons (Fsp3) is 0.818. The van der Waals surface area contributed by atoms with E-state index in [1.54, 1.807) is 7.11 Å². The Balaban J connectivity index is 0. The molecule has 1 atom stereocenters. The largest absolute Gasteiger partial charge is 0.373 e. The lowest BCUT2D eigenvalue weighted by molar-refractivity contribution is -0.191. The molecule has 1 saturated heterocycles. The van der Waals surface area contributed by atoms with E-state index in [1.807, 2.05) is 17.6 Å². The zero-order valence-electron chi connectivity index (χ0n) is 10.6. The molecule has 0 N–H and O–H groups in total. The molecule has 0 aromatic carbocycles. The summed E-state index contributed by atoms with van der Waals surface area (Å²) in [6, 6.07) is 0. The zero-order chi connectivity index (χ0) is 14.1. The summed E-state index contributed by atoms with van der Waals surface area (Å²) in [7, 11) is 5.74. The molecule has 1 fully saturated rings. The Morgan fingerprint density at radius 3 is 2.50 bits per heavy atom. The maximum atomic E-state index is 8.12. The van der Waals surface area contributed by atoms with Gasteiger partial charge in [-0.05, 0) is 19.3 Å². The molecular formula is C11H20O5S2. The van der Waals surface area contributed by atoms with Crippen molar-refractivity contribution in [2.24, 2.45) is 0 Å². The van der Waals surface area contributed by atoms with Crippen LogP contribution in [0, 0.1) is 0 Å². The molecule has 1 rings (SSSR count). The normalized spacial score (nSPS) is 16.8. The van der Waals surface area contributed by atoms with Gasteiger partial charge < -0.3 is 14.3 Å². The van der Waals surface area contributed by atoms with Crippen LogP contribution in [-0.2, 0) is 23.9 Å². The Kier molecular flexibility index (Phi) is 21.1. The Bertz CT molecular complexity index is 192. The van der Waals surface area contributed by atoms with Gasteiger partial charge in [0.25, 0.3) is 0 Å². The fourth-order valence-corrected chi connectivity index (χ4v) is 4.31. The lowest BCUT2D eigenvalue weighted by atomic mass is 10.1. The van der Waals surface area contributed by atoms with E-state index < -0.39 is 0 Å². The highest BCUT2D eigenvalue weighted by Gasteiger charge is 2.15. The molecule has 1 aliphatic heterocycles. The standard InChI is InChI=1S/C9H18O2S2.CO2.CH2O/c1-10-8-11-6-3-2-4-9-5-7-12-13-9;2-1-3;1-2/h9H,2-8H2,1H3;;1H2. The van der Waals surface area contributed by atoms with Crippen molar-refractivity contribution >= 4 is 34.5 Å². The van der Waals surface area contributed by atoms with E-state index in [2.05, 4.69) is 10.8 Å². The van der Waals surface area contributed by atoms with E-state index in [-0.39, 0.29) is 6.15 Å². The van der Waals surface area contributed by atoms with Gasteiger partial charge in [0.05, 0.1) is 0 Å². The number of carbonyl (C=O) groups is 1. The van der Waals surface area contributed by atoms with Gasteiger partial charge in [0.2, 0.25) is 0 Å². The molecule has 5 nitrogen and oxygen atoms in total. The topological polar surface area (TPSA) is 69.7 Å². The maximum absolute atomic E-state index is 8.12. The van der Waals surface area contributed by atoms with Crippen LogP contribution in [0.15, 0.2) is 0 Å². The van der Waals surface area contributed by atoms with Gasteiger partial charge in [-0.15, -0.1) is 0 Å². The van der Waals surface area contributed by atoms with Crippen molar-refractivity contribution in [3.8, 4) is 0 Å². The Labute approximate surface area is 116 Å². The minimum absolute atomic E-state index is 0.250. The van der Waals surface area contributed by atoms with Crippen LogP contribution in [0.25, 0.3) is 0 Å². The number of hydrogen-bond donors (Lipinski definition) is 0. The van der Waals surface area contributed by atoms with E-state index in [9.17, 15) is 0 Å². The molecule has 0 bridgehead atoms. The maximum Gasteiger partial charge on any atom is 0.373 e. The van der Waals surface area contributed by atoms with E-state index in [4.69, 9.17) is 23.9 Å². The Morgan fingerprint density at radius 2 is 2.00 bits per heavy atom. The highest BCUT2D eigenvalue weighted by molar-refractivity contribution is 8.77. The van der Waals surface area contributed by atoms with Gasteiger partial charge in [-0.25, -0.2) is 0 Å². The summed E-state index contributed by atoms with van der Waals surface area (Å²) in [6.45, 7) is 3.28. The molecule has 1 aliphatic rings. The highest BCUT2D eigenvalue weighted by atomic mass is 33.1. The van der Waals surface area contributed by atoms with Gasteiger partial charge in [-0.2, -0.15) is 9.59 Å². The third kappa shape index (κ3) is 15.7. The van der Waals surface area contributed by atoms with Crippen LogP contribution >= 0.6 is 21.6 Å². The second-order valence-electron chi connectivity index (χ2n) is 3.22. The minimum atomic E-state index is 0.250. The van der Waals surface area contributed by atoms with Crippen molar-refractivity contribution in [2.45, 2.75) is 30.9 Å². The van der Waals surface area contributed by atoms with Gasteiger partial charge in [-0.3, -0.25) is 0 Å². The van der Waals surface area contributed by atoms with E-state index in [1.165, 1.54) is 31.4 Å². The van der Waals surface area contributed by atoms with Crippen molar-refractivity contribution in [1.29, 1.82) is 0 Å². The van der Waals surface area contributed by atoms with E-state index in [0.29, 0.717) is 6.79 Å². The third-order valence-electron chi connectivity index (χ3n) is 1.99. The average molecular weight is 296 g/mol. The molecule has 1 heterocycles. The lowest BCUT2D eigenvalue weighted by Gasteiger charge is -2.06. The first kappa shape index (κ1) is 20.0. The molecule has 0 aromatic heterocycles. The fourth-order valence-electron chi connectivity index (χ4n) is 1.28. The first-order chi connectivity index (χ1) is 8.85. The van der Waals surface area contributed by atoms with Crippen molar-refractivity contribution in [1.82, 2.24) is 0 Å². The minimum Gasteiger partial charge on any atom is -0.359 e. The number of methoxy groups -OCH3 is 1. The molecule has 0 amide bonds. The number of ether oxygens (including phenoxy) is 2. The number of hydrogen-bond acceptors (Lipinski definition) is 7. The summed E-state index contributed by atoms with van der Waals surface area (Å²) < 4.78 is 10.0. The number of carbonyl (C=O) groups excluding carboxylic acids is 3. The lowest BCUT2D eigenvalue weighted by Crippen LogP contribution is -2.01. The highest BCUT2D eigenvalue weighted by Crippen LogP contribution is 2.39. The van der Waals surface area contributed by atoms with Crippen LogP contribution < -0.4 is 0 Å². The zero-order valence-corrected chi connectivity index (χ0v) is 12.2. The van der Waals surface area contributed by atoms with Crippen molar-refractivity contribution in [2.75, 3.05) is 26.3 Å². The molecule has 106 valence electrons. The third-order valence-corrected chi connectivity index (χ3v) is 5.00. The summed E-state index contributed by atoms with van der Waals surface area (Å²) in [5, 5.41) is 0.910. The summed E-state index contributed by atoms with van der Waals surface area (Å²) in [5.74, 6) is 1.34. The first-order valence-corrected chi connectivity index (χ1v) is 7.86. The van der Waals surface area contributed by atoms with Crippen LogP contribution in [0.5, 0.6) is 0 Å². The van der Waals surface area contributed by atoms with Crippen LogP contribution in [-0.4, -0.2) is 44.5 Å². The molecule has 18 heavy (non-hydrogen) atoms. The molecular weight excluding hydrogens is 276 g/mol. The molecule has 7 heteroatoms. The van der Waals surface area contributed by atoms with Crippen LogP contribution in [0.3, 0.4) is 0 Å². The smallest absolute Gasteiger partial charge is 0.359 e. The second-order valence-corrected chi connectivity index (χ2v) is 6.01. The summed E-state index contributed by atoms with van der Waals surface area (Å²) >= 11 is 0. The summed E-state index contributed by atoms with van der Waals surface area (Å²) in [4.78, 5) is 24.2. The molecule has 1 unspecified atom stereocenters. The van der Waals surface area contributed by atoms with E-state index in [0.717, 1.165) is 11.9 Å². The van der Waals surface area contributed by atoms with Crippen LogP contribution in [0.4, 0.5) is 0 Å². The molecule has 0 radical (unpaired) electrons. The van der Waals surface area contributed by atoms with Gasteiger partial charge in [0.15, 0.2) is 0 Å². The van der Waals surface area contributed by atoms with Gasteiger partial charge in [-0.1, -0.05) is 28.0 Å². The average Bonchev–Trinajstić information content (AvgIpc) is 2.90.